The Hall–Kier alpha value is -1.11. The van der Waals surface area contributed by atoms with Crippen molar-refractivity contribution >= 4 is 15.7 Å². The molecule has 4 N–H and O–H groups in total. The molecule has 1 aromatic rings. The monoisotopic (exact) mass is 314 g/mol. The van der Waals surface area contributed by atoms with Gasteiger partial charge in [-0.2, -0.15) is 0 Å². The molecule has 0 spiro atoms. The number of primary sulfonamides is 1. The van der Waals surface area contributed by atoms with Crippen LogP contribution in [0.25, 0.3) is 0 Å². The zero-order chi connectivity index (χ0) is 16.3. The summed E-state index contributed by atoms with van der Waals surface area (Å²) in [7, 11) is -3.72. The molecule has 5 nitrogen and oxygen atoms in total. The molecular formula is C15H26N2O3S. The summed E-state index contributed by atoms with van der Waals surface area (Å²) >= 11 is 0. The number of benzene rings is 1. The van der Waals surface area contributed by atoms with Gasteiger partial charge in [0, 0.05) is 17.6 Å². The predicted octanol–water partition coefficient (Wildman–Crippen LogP) is 2.16. The van der Waals surface area contributed by atoms with Gasteiger partial charge in [0.15, 0.2) is 0 Å². The van der Waals surface area contributed by atoms with Gasteiger partial charge in [0.25, 0.3) is 0 Å². The molecule has 21 heavy (non-hydrogen) atoms. The van der Waals surface area contributed by atoms with Gasteiger partial charge in [-0.3, -0.25) is 0 Å². The molecular weight excluding hydrogens is 288 g/mol. The first-order chi connectivity index (χ1) is 9.69. The molecule has 1 aromatic carbocycles. The van der Waals surface area contributed by atoms with Crippen LogP contribution in [0.3, 0.4) is 0 Å². The summed E-state index contributed by atoms with van der Waals surface area (Å²) in [6, 6.07) is 3.14. The zero-order valence-corrected chi connectivity index (χ0v) is 14.0. The van der Waals surface area contributed by atoms with Gasteiger partial charge < -0.3 is 10.4 Å². The number of rotatable bonds is 7. The number of nitrogens with one attached hydrogen (secondary N) is 1. The van der Waals surface area contributed by atoms with Gasteiger partial charge in [-0.1, -0.05) is 13.8 Å². The Morgan fingerprint density at radius 2 is 1.81 bits per heavy atom. The van der Waals surface area contributed by atoms with Gasteiger partial charge in [0.1, 0.15) is 0 Å². The number of nitrogens with two attached hydrogens (primary N) is 1. The van der Waals surface area contributed by atoms with E-state index in [1.165, 1.54) is 0 Å². The second kappa shape index (κ2) is 6.77. The fraction of sp³-hybridized carbons (Fsp3) is 0.600. The highest BCUT2D eigenvalue weighted by Gasteiger charge is 2.25. The third-order valence-corrected chi connectivity index (χ3v) is 5.35. The van der Waals surface area contributed by atoms with Crippen LogP contribution in [0.4, 0.5) is 5.69 Å². The summed E-state index contributed by atoms with van der Waals surface area (Å²) in [6.07, 6.45) is 1.69. The van der Waals surface area contributed by atoms with Crippen LogP contribution in [0.15, 0.2) is 17.0 Å². The van der Waals surface area contributed by atoms with Crippen LogP contribution in [-0.4, -0.2) is 26.7 Å². The average Bonchev–Trinajstić information content (AvgIpc) is 2.43. The summed E-state index contributed by atoms with van der Waals surface area (Å²) in [5, 5.41) is 18.1. The van der Waals surface area contributed by atoms with Gasteiger partial charge >= 0.3 is 0 Å². The van der Waals surface area contributed by atoms with E-state index >= 15 is 0 Å². The molecule has 0 radical (unpaired) electrons. The first kappa shape index (κ1) is 17.9. The van der Waals surface area contributed by atoms with Crippen molar-refractivity contribution in [3.8, 4) is 0 Å². The quantitative estimate of drug-likeness (QED) is 0.719. The Balaban J connectivity index is 3.11. The molecule has 6 heteroatoms. The Kier molecular flexibility index (Phi) is 5.78. The number of aliphatic hydroxyl groups excluding tert-OH is 1. The van der Waals surface area contributed by atoms with E-state index < -0.39 is 10.0 Å². The van der Waals surface area contributed by atoms with Crippen LogP contribution < -0.4 is 10.5 Å². The van der Waals surface area contributed by atoms with Gasteiger partial charge in [-0.15, -0.1) is 0 Å². The van der Waals surface area contributed by atoms with Crippen molar-refractivity contribution < 1.29 is 13.5 Å². The standard InChI is InChI=1S/C15H26N2O3S/c1-5-15(6-2,10-18)9-17-14-8-13(21(16,19)20)7-11(3)12(14)4/h7-8,17-18H,5-6,9-10H2,1-4H3,(H2,16,19,20). The summed E-state index contributed by atoms with van der Waals surface area (Å²) < 4.78 is 23.1. The minimum atomic E-state index is -3.72. The predicted molar refractivity (Wildman–Crippen MR) is 85.9 cm³/mol. The van der Waals surface area contributed by atoms with E-state index in [1.54, 1.807) is 12.1 Å². The second-order valence-corrected chi connectivity index (χ2v) is 7.24. The second-order valence-electron chi connectivity index (χ2n) is 5.68. The van der Waals surface area contributed by atoms with Crippen LogP contribution in [0.2, 0.25) is 0 Å². The highest BCUT2D eigenvalue weighted by atomic mass is 32.2. The SMILES string of the molecule is CCC(CC)(CO)CNc1cc(S(N)(=O)=O)cc(C)c1C. The van der Waals surface area contributed by atoms with E-state index in [4.69, 9.17) is 5.14 Å². The van der Waals surface area contributed by atoms with Crippen molar-refractivity contribution in [2.45, 2.75) is 45.4 Å². The summed E-state index contributed by atoms with van der Waals surface area (Å²) in [5.41, 5.74) is 2.41. The average molecular weight is 314 g/mol. The molecule has 0 aromatic heterocycles. The molecule has 0 heterocycles. The molecule has 0 unspecified atom stereocenters. The zero-order valence-electron chi connectivity index (χ0n) is 13.2. The first-order valence-electron chi connectivity index (χ1n) is 7.18. The lowest BCUT2D eigenvalue weighted by Gasteiger charge is -2.30. The van der Waals surface area contributed by atoms with E-state index in [9.17, 15) is 13.5 Å². The molecule has 0 bridgehead atoms. The molecule has 120 valence electrons. The van der Waals surface area contributed by atoms with Crippen LogP contribution in [0.5, 0.6) is 0 Å². The Morgan fingerprint density at radius 1 is 1.24 bits per heavy atom. The lowest BCUT2D eigenvalue weighted by atomic mass is 9.83. The van der Waals surface area contributed by atoms with Gasteiger partial charge in [-0.05, 0) is 49.9 Å². The van der Waals surface area contributed by atoms with Gasteiger partial charge in [-0.25, -0.2) is 13.6 Å². The Morgan fingerprint density at radius 3 is 2.24 bits per heavy atom. The summed E-state index contributed by atoms with van der Waals surface area (Å²) in [6.45, 7) is 8.56. The Bertz CT molecular complexity index is 585. The van der Waals surface area contributed by atoms with E-state index in [-0.39, 0.29) is 16.9 Å². The molecule has 0 aliphatic heterocycles. The van der Waals surface area contributed by atoms with Gasteiger partial charge in [0.05, 0.1) is 11.5 Å². The van der Waals surface area contributed by atoms with Crippen molar-refractivity contribution in [3.05, 3.63) is 23.3 Å². The molecule has 0 fully saturated rings. The number of aliphatic hydroxyl groups is 1. The normalized spacial score (nSPS) is 12.5. The number of hydrogen-bond donors (Lipinski definition) is 3. The highest BCUT2D eigenvalue weighted by molar-refractivity contribution is 7.89. The number of hydrogen-bond acceptors (Lipinski definition) is 4. The highest BCUT2D eigenvalue weighted by Crippen LogP contribution is 2.29. The van der Waals surface area contributed by atoms with E-state index in [1.807, 2.05) is 27.7 Å². The fourth-order valence-corrected chi connectivity index (χ4v) is 2.86. The molecule has 0 saturated heterocycles. The Labute approximate surface area is 127 Å². The number of aryl methyl sites for hydroxylation is 1. The minimum Gasteiger partial charge on any atom is -0.396 e. The molecule has 0 aliphatic carbocycles. The van der Waals surface area contributed by atoms with E-state index in [2.05, 4.69) is 5.32 Å². The molecule has 0 amide bonds. The maximum atomic E-state index is 11.5. The van der Waals surface area contributed by atoms with E-state index in [0.29, 0.717) is 6.54 Å². The maximum absolute atomic E-state index is 11.5. The van der Waals surface area contributed by atoms with Crippen LogP contribution in [0.1, 0.15) is 37.8 Å². The van der Waals surface area contributed by atoms with Crippen LogP contribution >= 0.6 is 0 Å². The van der Waals surface area contributed by atoms with Gasteiger partial charge in [0.2, 0.25) is 10.0 Å². The van der Waals surface area contributed by atoms with E-state index in [0.717, 1.165) is 29.7 Å². The smallest absolute Gasteiger partial charge is 0.238 e. The fourth-order valence-electron chi connectivity index (χ4n) is 2.24. The van der Waals surface area contributed by atoms with Crippen molar-refractivity contribution in [3.63, 3.8) is 0 Å². The molecule has 0 aliphatic rings. The minimum absolute atomic E-state index is 0.0971. The third-order valence-electron chi connectivity index (χ3n) is 4.46. The molecule has 1 rings (SSSR count). The first-order valence-corrected chi connectivity index (χ1v) is 8.72. The summed E-state index contributed by atoms with van der Waals surface area (Å²) in [5.74, 6) is 0. The maximum Gasteiger partial charge on any atom is 0.238 e. The largest absolute Gasteiger partial charge is 0.396 e. The molecule has 0 saturated carbocycles. The third kappa shape index (κ3) is 4.18. The lowest BCUT2D eigenvalue weighted by Crippen LogP contribution is -2.32. The van der Waals surface area contributed by atoms with Crippen LogP contribution in [0, 0.1) is 19.3 Å². The van der Waals surface area contributed by atoms with Crippen LogP contribution in [-0.2, 0) is 10.0 Å². The van der Waals surface area contributed by atoms with Crippen molar-refractivity contribution in [2.24, 2.45) is 10.6 Å². The topological polar surface area (TPSA) is 92.4 Å². The number of sulfonamides is 1. The molecule has 0 atom stereocenters. The van der Waals surface area contributed by atoms with Crippen molar-refractivity contribution in [1.29, 1.82) is 0 Å². The number of anilines is 1. The van der Waals surface area contributed by atoms with Crippen molar-refractivity contribution in [2.75, 3.05) is 18.5 Å². The summed E-state index contributed by atoms with van der Waals surface area (Å²) in [4.78, 5) is 0.107. The van der Waals surface area contributed by atoms with Crippen molar-refractivity contribution in [1.82, 2.24) is 0 Å². The lowest BCUT2D eigenvalue weighted by molar-refractivity contribution is 0.127.